The van der Waals surface area contributed by atoms with Crippen molar-refractivity contribution < 1.29 is 9.59 Å². The van der Waals surface area contributed by atoms with E-state index in [9.17, 15) is 9.59 Å². The number of hydrogen-bond donors (Lipinski definition) is 0. The van der Waals surface area contributed by atoms with Crippen LogP contribution in [0.2, 0.25) is 0 Å². The summed E-state index contributed by atoms with van der Waals surface area (Å²) in [6, 6.07) is 0.373. The topological polar surface area (TPSA) is 53.5 Å². The van der Waals surface area contributed by atoms with Gasteiger partial charge < -0.3 is 9.80 Å². The van der Waals surface area contributed by atoms with E-state index >= 15 is 0 Å². The highest BCUT2D eigenvalue weighted by molar-refractivity contribution is 7.09. The van der Waals surface area contributed by atoms with Gasteiger partial charge in [-0.15, -0.1) is 11.3 Å². The molecule has 0 bridgehead atoms. The number of hydrogen-bond acceptors (Lipinski definition) is 4. The molecule has 1 atom stereocenters. The number of aryl methyl sites for hydroxylation is 1. The quantitative estimate of drug-likeness (QED) is 0.821. The van der Waals surface area contributed by atoms with Crippen LogP contribution in [-0.4, -0.2) is 52.8 Å². The van der Waals surface area contributed by atoms with Crippen LogP contribution in [0.3, 0.4) is 0 Å². The second-order valence-electron chi connectivity index (χ2n) is 7.09. The van der Waals surface area contributed by atoms with Crippen LogP contribution in [0.15, 0.2) is 5.51 Å². The van der Waals surface area contributed by atoms with Crippen molar-refractivity contribution in [3.63, 3.8) is 0 Å². The van der Waals surface area contributed by atoms with Gasteiger partial charge in [0, 0.05) is 43.9 Å². The molecule has 132 valence electrons. The van der Waals surface area contributed by atoms with E-state index in [4.69, 9.17) is 0 Å². The van der Waals surface area contributed by atoms with Gasteiger partial charge in [0.1, 0.15) is 0 Å². The summed E-state index contributed by atoms with van der Waals surface area (Å²) in [6.45, 7) is 3.35. The Kier molecular flexibility index (Phi) is 5.54. The van der Waals surface area contributed by atoms with Crippen LogP contribution in [0.25, 0.3) is 0 Å². The maximum absolute atomic E-state index is 12.8. The lowest BCUT2D eigenvalue weighted by atomic mass is 9.94. The SMILES string of the molecule is Cc1ncsc1CCN(C)C(=O)[C@@H]1CCC(=O)N(C2CCCC2)C1. The van der Waals surface area contributed by atoms with Crippen molar-refractivity contribution in [1.29, 1.82) is 0 Å². The zero-order chi connectivity index (χ0) is 17.1. The minimum absolute atomic E-state index is 0.0316. The third-order valence-electron chi connectivity index (χ3n) is 5.45. The van der Waals surface area contributed by atoms with Crippen molar-refractivity contribution in [2.75, 3.05) is 20.1 Å². The number of aromatic nitrogens is 1. The molecule has 1 aromatic heterocycles. The molecule has 0 unspecified atom stereocenters. The largest absolute Gasteiger partial charge is 0.345 e. The molecule has 1 aliphatic heterocycles. The maximum Gasteiger partial charge on any atom is 0.227 e. The fraction of sp³-hybridized carbons (Fsp3) is 0.722. The number of thiazole rings is 1. The van der Waals surface area contributed by atoms with Gasteiger partial charge in [-0.3, -0.25) is 9.59 Å². The Hall–Kier alpha value is -1.43. The number of amides is 2. The minimum atomic E-state index is -0.0316. The highest BCUT2D eigenvalue weighted by atomic mass is 32.1. The predicted molar refractivity (Wildman–Crippen MR) is 94.9 cm³/mol. The van der Waals surface area contributed by atoms with Crippen molar-refractivity contribution in [3.8, 4) is 0 Å². The number of likely N-dealkylation sites (N-methyl/N-ethyl adjacent to an activating group) is 1. The van der Waals surface area contributed by atoms with E-state index in [1.54, 1.807) is 11.3 Å². The molecule has 1 aromatic rings. The zero-order valence-corrected chi connectivity index (χ0v) is 15.5. The molecule has 24 heavy (non-hydrogen) atoms. The molecule has 2 heterocycles. The fourth-order valence-electron chi connectivity index (χ4n) is 3.90. The van der Waals surface area contributed by atoms with Gasteiger partial charge in [0.2, 0.25) is 11.8 Å². The van der Waals surface area contributed by atoms with E-state index in [1.807, 2.05) is 29.3 Å². The summed E-state index contributed by atoms with van der Waals surface area (Å²) >= 11 is 1.65. The Morgan fingerprint density at radius 2 is 2.12 bits per heavy atom. The average Bonchev–Trinajstić information content (AvgIpc) is 3.24. The molecule has 1 aliphatic carbocycles. The Labute approximate surface area is 148 Å². The van der Waals surface area contributed by atoms with Gasteiger partial charge in [-0.25, -0.2) is 4.98 Å². The summed E-state index contributed by atoms with van der Waals surface area (Å²) in [5.41, 5.74) is 2.93. The van der Waals surface area contributed by atoms with E-state index in [-0.39, 0.29) is 17.7 Å². The average molecular weight is 350 g/mol. The van der Waals surface area contributed by atoms with Crippen LogP contribution in [0.5, 0.6) is 0 Å². The highest BCUT2D eigenvalue weighted by Crippen LogP contribution is 2.29. The van der Waals surface area contributed by atoms with Crippen LogP contribution in [0.4, 0.5) is 0 Å². The molecular weight excluding hydrogens is 322 g/mol. The van der Waals surface area contributed by atoms with Crippen LogP contribution in [0.1, 0.15) is 49.1 Å². The van der Waals surface area contributed by atoms with Crippen LogP contribution < -0.4 is 0 Å². The first kappa shape index (κ1) is 17.4. The number of rotatable bonds is 5. The third-order valence-corrected chi connectivity index (χ3v) is 6.45. The second-order valence-corrected chi connectivity index (χ2v) is 8.03. The molecule has 1 saturated carbocycles. The van der Waals surface area contributed by atoms with Gasteiger partial charge in [0.05, 0.1) is 17.1 Å². The van der Waals surface area contributed by atoms with E-state index in [0.29, 0.717) is 25.4 Å². The monoisotopic (exact) mass is 349 g/mol. The number of likely N-dealkylation sites (tertiary alicyclic amines) is 1. The third kappa shape index (κ3) is 3.79. The van der Waals surface area contributed by atoms with Gasteiger partial charge in [-0.1, -0.05) is 12.8 Å². The lowest BCUT2D eigenvalue weighted by molar-refractivity contribution is -0.144. The lowest BCUT2D eigenvalue weighted by Gasteiger charge is -2.37. The van der Waals surface area contributed by atoms with Crippen molar-refractivity contribution in [3.05, 3.63) is 16.1 Å². The second kappa shape index (κ2) is 7.64. The molecule has 6 heteroatoms. The van der Waals surface area contributed by atoms with Gasteiger partial charge in [-0.2, -0.15) is 0 Å². The number of carbonyl (C=O) groups is 2. The lowest BCUT2D eigenvalue weighted by Crippen LogP contribution is -2.49. The van der Waals surface area contributed by atoms with Crippen molar-refractivity contribution in [1.82, 2.24) is 14.8 Å². The van der Waals surface area contributed by atoms with E-state index in [1.165, 1.54) is 17.7 Å². The maximum atomic E-state index is 12.8. The van der Waals surface area contributed by atoms with Gasteiger partial charge >= 0.3 is 0 Å². The summed E-state index contributed by atoms with van der Waals surface area (Å²) in [7, 11) is 1.88. The Morgan fingerprint density at radius 1 is 1.38 bits per heavy atom. The molecule has 0 aromatic carbocycles. The molecule has 2 amide bonds. The molecular formula is C18H27N3O2S. The molecule has 5 nitrogen and oxygen atoms in total. The molecule has 3 rings (SSSR count). The van der Waals surface area contributed by atoms with E-state index < -0.39 is 0 Å². The molecule has 2 aliphatic rings. The number of nitrogens with zero attached hydrogens (tertiary/aromatic N) is 3. The fourth-order valence-corrected chi connectivity index (χ4v) is 4.67. The number of carbonyl (C=O) groups excluding carboxylic acids is 2. The Morgan fingerprint density at radius 3 is 2.79 bits per heavy atom. The minimum Gasteiger partial charge on any atom is -0.345 e. The summed E-state index contributed by atoms with van der Waals surface area (Å²) in [6.07, 6.45) is 6.71. The van der Waals surface area contributed by atoms with Gasteiger partial charge in [0.25, 0.3) is 0 Å². The molecule has 0 N–H and O–H groups in total. The van der Waals surface area contributed by atoms with Crippen molar-refractivity contribution in [2.24, 2.45) is 5.92 Å². The summed E-state index contributed by atoms with van der Waals surface area (Å²) < 4.78 is 0. The predicted octanol–water partition coefficient (Wildman–Crippen LogP) is 2.63. The number of piperidine rings is 1. The summed E-state index contributed by atoms with van der Waals surface area (Å²) in [5.74, 6) is 0.400. The molecule has 0 spiro atoms. The smallest absolute Gasteiger partial charge is 0.227 e. The molecule has 0 radical (unpaired) electrons. The first-order chi connectivity index (χ1) is 11.6. The molecule has 2 fully saturated rings. The van der Waals surface area contributed by atoms with Crippen LogP contribution >= 0.6 is 11.3 Å². The van der Waals surface area contributed by atoms with Crippen LogP contribution in [-0.2, 0) is 16.0 Å². The van der Waals surface area contributed by atoms with E-state index in [2.05, 4.69) is 4.98 Å². The summed E-state index contributed by atoms with van der Waals surface area (Å²) in [4.78, 5) is 34.4. The Bertz CT molecular complexity index is 595. The van der Waals surface area contributed by atoms with Crippen molar-refractivity contribution >= 4 is 23.2 Å². The summed E-state index contributed by atoms with van der Waals surface area (Å²) in [5, 5.41) is 0. The first-order valence-electron chi connectivity index (χ1n) is 8.99. The normalized spacial score (nSPS) is 22.2. The van der Waals surface area contributed by atoms with Crippen LogP contribution in [0, 0.1) is 12.8 Å². The Balaban J connectivity index is 1.55. The van der Waals surface area contributed by atoms with Gasteiger partial charge in [0.15, 0.2) is 0 Å². The standard InChI is InChI=1S/C18H27N3O2S/c1-13-16(24-12-19-13)9-10-20(2)18(23)14-7-8-17(22)21(11-14)15-5-3-4-6-15/h12,14-15H,3-11H2,1-2H3/t14-/m1/s1. The van der Waals surface area contributed by atoms with E-state index in [0.717, 1.165) is 31.5 Å². The zero-order valence-electron chi connectivity index (χ0n) is 14.7. The van der Waals surface area contributed by atoms with Gasteiger partial charge in [-0.05, 0) is 26.2 Å². The highest BCUT2D eigenvalue weighted by Gasteiger charge is 2.36. The molecule has 1 saturated heterocycles. The van der Waals surface area contributed by atoms with Crippen molar-refractivity contribution in [2.45, 2.75) is 57.9 Å². The first-order valence-corrected chi connectivity index (χ1v) is 9.87.